The van der Waals surface area contributed by atoms with Gasteiger partial charge in [-0.1, -0.05) is 38.1 Å². The molecule has 0 aliphatic carbocycles. The number of para-hydroxylation sites is 1. The fourth-order valence-electron chi connectivity index (χ4n) is 4.96. The Morgan fingerprint density at radius 3 is 2.42 bits per heavy atom. The van der Waals surface area contributed by atoms with E-state index in [-0.39, 0.29) is 17.7 Å². The van der Waals surface area contributed by atoms with E-state index in [0.29, 0.717) is 24.4 Å². The predicted octanol–water partition coefficient (Wildman–Crippen LogP) is 4.41. The number of nitrogens with zero attached hydrogens (tertiary/aromatic N) is 2. The number of thiophene rings is 1. The third-order valence-corrected chi connectivity index (χ3v) is 7.53. The number of hydrogen-bond acceptors (Lipinski definition) is 4. The largest absolute Gasteiger partial charge is 0.493 e. The molecule has 0 bridgehead atoms. The van der Waals surface area contributed by atoms with Gasteiger partial charge in [-0.2, -0.15) is 0 Å². The Labute approximate surface area is 189 Å². The van der Waals surface area contributed by atoms with Crippen molar-refractivity contribution in [1.29, 1.82) is 0 Å². The first-order chi connectivity index (χ1) is 15.0. The highest BCUT2D eigenvalue weighted by Gasteiger charge is 2.41. The monoisotopic (exact) mass is 440 g/mol. The molecule has 5 nitrogen and oxygen atoms in total. The van der Waals surface area contributed by atoms with Crippen molar-refractivity contribution >= 4 is 23.2 Å². The molecule has 0 saturated carbocycles. The van der Waals surface area contributed by atoms with Crippen LogP contribution in [-0.4, -0.2) is 54.4 Å². The highest BCUT2D eigenvalue weighted by molar-refractivity contribution is 7.12. The Morgan fingerprint density at radius 1 is 1.03 bits per heavy atom. The Hall–Kier alpha value is -2.34. The van der Waals surface area contributed by atoms with Crippen LogP contribution in [0, 0.1) is 23.7 Å². The van der Waals surface area contributed by atoms with Crippen LogP contribution in [0.5, 0.6) is 5.75 Å². The number of carbonyl (C=O) groups excluding carboxylic acids is 2. The second-order valence-electron chi connectivity index (χ2n) is 9.05. The van der Waals surface area contributed by atoms with Crippen molar-refractivity contribution in [3.8, 4) is 5.75 Å². The van der Waals surface area contributed by atoms with Crippen LogP contribution in [0.25, 0.3) is 0 Å². The molecule has 1 aromatic carbocycles. The minimum absolute atomic E-state index is 0.0500. The van der Waals surface area contributed by atoms with Crippen molar-refractivity contribution < 1.29 is 14.3 Å². The Kier molecular flexibility index (Phi) is 6.96. The number of amides is 2. The summed E-state index contributed by atoms with van der Waals surface area (Å²) in [7, 11) is 0. The van der Waals surface area contributed by atoms with Crippen LogP contribution < -0.4 is 4.74 Å². The minimum atomic E-state index is 0.0500. The zero-order valence-electron chi connectivity index (χ0n) is 18.4. The molecule has 166 valence electrons. The van der Waals surface area contributed by atoms with Crippen LogP contribution in [0.3, 0.4) is 0 Å². The standard InChI is InChI=1S/C25H32N2O3S/c1-18(2)24(28)26-12-10-19(11-13-26)22-16-27(25(29)23-9-6-14-31-23)15-20(22)17-30-21-7-4-3-5-8-21/h3-9,14,18-20,22H,10-13,15-17H2,1-2H3. The van der Waals surface area contributed by atoms with Crippen molar-refractivity contribution in [3.63, 3.8) is 0 Å². The van der Waals surface area contributed by atoms with E-state index in [9.17, 15) is 9.59 Å². The molecule has 31 heavy (non-hydrogen) atoms. The lowest BCUT2D eigenvalue weighted by Gasteiger charge is -2.37. The normalized spacial score (nSPS) is 22.2. The number of likely N-dealkylation sites (tertiary alicyclic amines) is 2. The van der Waals surface area contributed by atoms with Crippen molar-refractivity contribution in [3.05, 3.63) is 52.7 Å². The number of hydrogen-bond donors (Lipinski definition) is 0. The zero-order chi connectivity index (χ0) is 21.8. The summed E-state index contributed by atoms with van der Waals surface area (Å²) in [6.45, 7) is 7.72. The van der Waals surface area contributed by atoms with Crippen LogP contribution in [0.1, 0.15) is 36.4 Å². The molecular weight excluding hydrogens is 408 g/mol. The summed E-state index contributed by atoms with van der Waals surface area (Å²) >= 11 is 1.51. The van der Waals surface area contributed by atoms with Crippen LogP contribution in [0.4, 0.5) is 0 Å². The molecule has 2 atom stereocenters. The van der Waals surface area contributed by atoms with Gasteiger partial charge in [0.1, 0.15) is 5.75 Å². The molecule has 2 amide bonds. The first kappa shape index (κ1) is 21.9. The van der Waals surface area contributed by atoms with E-state index in [1.165, 1.54) is 11.3 Å². The molecule has 2 saturated heterocycles. The lowest BCUT2D eigenvalue weighted by Crippen LogP contribution is -2.43. The van der Waals surface area contributed by atoms with Gasteiger partial charge in [0, 0.05) is 38.0 Å². The van der Waals surface area contributed by atoms with E-state index in [0.717, 1.165) is 49.6 Å². The molecule has 0 radical (unpaired) electrons. The molecule has 6 heteroatoms. The molecule has 2 fully saturated rings. The fourth-order valence-corrected chi connectivity index (χ4v) is 5.65. The van der Waals surface area contributed by atoms with E-state index in [2.05, 4.69) is 0 Å². The molecule has 2 aliphatic rings. The maximum Gasteiger partial charge on any atom is 0.263 e. The first-order valence-corrected chi connectivity index (χ1v) is 12.2. The van der Waals surface area contributed by atoms with E-state index < -0.39 is 0 Å². The number of benzene rings is 1. The molecule has 0 N–H and O–H groups in total. The van der Waals surface area contributed by atoms with Crippen LogP contribution in [-0.2, 0) is 4.79 Å². The maximum absolute atomic E-state index is 13.0. The van der Waals surface area contributed by atoms with Crippen molar-refractivity contribution in [2.24, 2.45) is 23.7 Å². The maximum atomic E-state index is 13.0. The molecule has 2 unspecified atom stereocenters. The van der Waals surface area contributed by atoms with Gasteiger partial charge in [0.25, 0.3) is 5.91 Å². The summed E-state index contributed by atoms with van der Waals surface area (Å²) in [6.07, 6.45) is 2.01. The van der Waals surface area contributed by atoms with Crippen molar-refractivity contribution in [2.45, 2.75) is 26.7 Å². The van der Waals surface area contributed by atoms with Gasteiger partial charge < -0.3 is 14.5 Å². The summed E-state index contributed by atoms with van der Waals surface area (Å²) in [4.78, 5) is 30.2. The first-order valence-electron chi connectivity index (χ1n) is 11.3. The average Bonchev–Trinajstić information content (AvgIpc) is 3.48. The smallest absolute Gasteiger partial charge is 0.263 e. The summed E-state index contributed by atoms with van der Waals surface area (Å²) in [5.74, 6) is 2.54. The third-order valence-electron chi connectivity index (χ3n) is 6.67. The zero-order valence-corrected chi connectivity index (χ0v) is 19.2. The molecule has 2 aromatic rings. The number of rotatable bonds is 6. The SMILES string of the molecule is CC(C)C(=O)N1CCC(C2CN(C(=O)c3cccs3)CC2COc2ccccc2)CC1. The summed E-state index contributed by atoms with van der Waals surface area (Å²) in [5, 5.41) is 1.96. The molecule has 2 aliphatic heterocycles. The van der Waals surface area contributed by atoms with E-state index in [1.54, 1.807) is 0 Å². The van der Waals surface area contributed by atoms with Crippen molar-refractivity contribution in [1.82, 2.24) is 9.80 Å². The number of carbonyl (C=O) groups is 2. The molecule has 0 spiro atoms. The Balaban J connectivity index is 1.43. The average molecular weight is 441 g/mol. The highest BCUT2D eigenvalue weighted by Crippen LogP contribution is 2.37. The minimum Gasteiger partial charge on any atom is -0.493 e. The molecular formula is C25H32N2O3S. The molecule has 1 aromatic heterocycles. The van der Waals surface area contributed by atoms with Gasteiger partial charge in [0.05, 0.1) is 11.5 Å². The van der Waals surface area contributed by atoms with E-state index >= 15 is 0 Å². The van der Waals surface area contributed by atoms with Crippen molar-refractivity contribution in [2.75, 3.05) is 32.8 Å². The second-order valence-corrected chi connectivity index (χ2v) is 10.0. The lowest BCUT2D eigenvalue weighted by atomic mass is 9.78. The highest BCUT2D eigenvalue weighted by atomic mass is 32.1. The Bertz CT molecular complexity index is 860. The van der Waals surface area contributed by atoms with Gasteiger partial charge in [0.15, 0.2) is 0 Å². The second kappa shape index (κ2) is 9.86. The third kappa shape index (κ3) is 5.12. The fraction of sp³-hybridized carbons (Fsp3) is 0.520. The summed E-state index contributed by atoms with van der Waals surface area (Å²) in [6, 6.07) is 13.8. The predicted molar refractivity (Wildman–Crippen MR) is 123 cm³/mol. The van der Waals surface area contributed by atoms with Gasteiger partial charge in [-0.3, -0.25) is 9.59 Å². The van der Waals surface area contributed by atoms with Crippen LogP contribution in [0.2, 0.25) is 0 Å². The topological polar surface area (TPSA) is 49.9 Å². The summed E-state index contributed by atoms with van der Waals surface area (Å²) in [5.41, 5.74) is 0. The van der Waals surface area contributed by atoms with Gasteiger partial charge >= 0.3 is 0 Å². The molecule has 3 heterocycles. The quantitative estimate of drug-likeness (QED) is 0.669. The molecule has 4 rings (SSSR count). The Morgan fingerprint density at radius 2 is 1.77 bits per heavy atom. The number of piperidine rings is 1. The summed E-state index contributed by atoms with van der Waals surface area (Å²) < 4.78 is 6.12. The lowest BCUT2D eigenvalue weighted by molar-refractivity contribution is -0.136. The van der Waals surface area contributed by atoms with Crippen LogP contribution >= 0.6 is 11.3 Å². The van der Waals surface area contributed by atoms with E-state index in [4.69, 9.17) is 4.74 Å². The van der Waals surface area contributed by atoms with Crippen LogP contribution in [0.15, 0.2) is 47.8 Å². The van der Waals surface area contributed by atoms with E-state index in [1.807, 2.05) is 71.5 Å². The van der Waals surface area contributed by atoms with Gasteiger partial charge in [-0.05, 0) is 48.3 Å². The van der Waals surface area contributed by atoms with Gasteiger partial charge in [-0.25, -0.2) is 0 Å². The van der Waals surface area contributed by atoms with Gasteiger partial charge in [0.2, 0.25) is 5.91 Å². The number of ether oxygens (including phenoxy) is 1. The van der Waals surface area contributed by atoms with Gasteiger partial charge in [-0.15, -0.1) is 11.3 Å².